The molecule has 0 radical (unpaired) electrons. The number of benzene rings is 1. The average molecular weight is 262 g/mol. The van der Waals surface area contributed by atoms with Gasteiger partial charge >= 0.3 is 0 Å². The van der Waals surface area contributed by atoms with Crippen molar-refractivity contribution < 1.29 is 4.79 Å². The zero-order valence-electron chi connectivity index (χ0n) is 12.1. The second-order valence-electron chi connectivity index (χ2n) is 4.89. The molecule has 3 nitrogen and oxygen atoms in total. The van der Waals surface area contributed by atoms with Crippen molar-refractivity contribution in [3.05, 3.63) is 35.9 Å². The largest absolute Gasteiger partial charge is 0.351 e. The summed E-state index contributed by atoms with van der Waals surface area (Å²) in [5, 5.41) is 6.26. The molecule has 1 unspecified atom stereocenters. The summed E-state index contributed by atoms with van der Waals surface area (Å²) in [6.07, 6.45) is 4.65. The minimum atomic E-state index is 0.0683. The third kappa shape index (κ3) is 6.97. The molecule has 0 saturated carbocycles. The fraction of sp³-hybridized carbons (Fsp3) is 0.562. The summed E-state index contributed by atoms with van der Waals surface area (Å²) in [4.78, 5) is 11.7. The van der Waals surface area contributed by atoms with Gasteiger partial charge in [-0.25, -0.2) is 0 Å². The number of nitrogens with one attached hydrogen (secondary N) is 2. The summed E-state index contributed by atoms with van der Waals surface area (Å²) in [6.45, 7) is 5.37. The molecule has 0 spiro atoms. The Balaban J connectivity index is 2.20. The quantitative estimate of drug-likeness (QED) is 0.718. The van der Waals surface area contributed by atoms with E-state index in [2.05, 4.69) is 24.5 Å². The van der Waals surface area contributed by atoms with E-state index in [0.717, 1.165) is 18.4 Å². The van der Waals surface area contributed by atoms with E-state index >= 15 is 0 Å². The predicted molar refractivity (Wildman–Crippen MR) is 79.9 cm³/mol. The van der Waals surface area contributed by atoms with Gasteiger partial charge < -0.3 is 10.6 Å². The van der Waals surface area contributed by atoms with Crippen molar-refractivity contribution in [3.63, 3.8) is 0 Å². The first-order valence-electron chi connectivity index (χ1n) is 7.30. The standard InChI is InChI=1S/C16H26N2O/c1-3-5-11-15(4-2)17-13-16(19)18-12-14-9-7-6-8-10-14/h6-10,15,17H,3-5,11-13H2,1-2H3,(H,18,19). The summed E-state index contributed by atoms with van der Waals surface area (Å²) >= 11 is 0. The molecular weight excluding hydrogens is 236 g/mol. The second-order valence-corrected chi connectivity index (χ2v) is 4.89. The Morgan fingerprint density at radius 2 is 1.95 bits per heavy atom. The van der Waals surface area contributed by atoms with Gasteiger partial charge in [0, 0.05) is 12.6 Å². The number of hydrogen-bond donors (Lipinski definition) is 2. The van der Waals surface area contributed by atoms with Crippen molar-refractivity contribution >= 4 is 5.91 Å². The Hall–Kier alpha value is -1.35. The third-order valence-corrected chi connectivity index (χ3v) is 3.28. The van der Waals surface area contributed by atoms with Crippen LogP contribution in [0.1, 0.15) is 45.1 Å². The maximum atomic E-state index is 11.7. The number of rotatable bonds is 9. The van der Waals surface area contributed by atoms with Gasteiger partial charge in [0.2, 0.25) is 5.91 Å². The van der Waals surface area contributed by atoms with E-state index in [1.54, 1.807) is 0 Å². The van der Waals surface area contributed by atoms with Crippen LogP contribution >= 0.6 is 0 Å². The first-order valence-corrected chi connectivity index (χ1v) is 7.30. The summed E-state index contributed by atoms with van der Waals surface area (Å²) in [5.74, 6) is 0.0683. The monoisotopic (exact) mass is 262 g/mol. The highest BCUT2D eigenvalue weighted by Gasteiger charge is 2.07. The van der Waals surface area contributed by atoms with E-state index in [9.17, 15) is 4.79 Å². The molecule has 0 aliphatic carbocycles. The zero-order valence-corrected chi connectivity index (χ0v) is 12.1. The minimum absolute atomic E-state index is 0.0683. The molecule has 1 amide bonds. The molecule has 0 aliphatic heterocycles. The lowest BCUT2D eigenvalue weighted by molar-refractivity contribution is -0.120. The second kappa shape index (κ2) is 9.56. The lowest BCUT2D eigenvalue weighted by Gasteiger charge is -2.16. The lowest BCUT2D eigenvalue weighted by atomic mass is 10.1. The van der Waals surface area contributed by atoms with Crippen LogP contribution in [0.15, 0.2) is 30.3 Å². The van der Waals surface area contributed by atoms with E-state index in [-0.39, 0.29) is 5.91 Å². The van der Waals surface area contributed by atoms with Crippen molar-refractivity contribution in [1.82, 2.24) is 10.6 Å². The van der Waals surface area contributed by atoms with Gasteiger partial charge in [0.25, 0.3) is 0 Å². The Morgan fingerprint density at radius 3 is 2.58 bits per heavy atom. The summed E-state index contributed by atoms with van der Waals surface area (Å²) < 4.78 is 0. The molecule has 0 saturated heterocycles. The van der Waals surface area contributed by atoms with Crippen LogP contribution in [0.2, 0.25) is 0 Å². The first-order chi connectivity index (χ1) is 9.26. The van der Waals surface area contributed by atoms with E-state index in [1.807, 2.05) is 30.3 Å². The molecular formula is C16H26N2O. The number of carbonyl (C=O) groups excluding carboxylic acids is 1. The van der Waals surface area contributed by atoms with Gasteiger partial charge in [-0.1, -0.05) is 57.0 Å². The third-order valence-electron chi connectivity index (χ3n) is 3.28. The number of hydrogen-bond acceptors (Lipinski definition) is 2. The molecule has 3 heteroatoms. The average Bonchev–Trinajstić information content (AvgIpc) is 2.46. The van der Waals surface area contributed by atoms with Gasteiger partial charge in [-0.05, 0) is 18.4 Å². The molecule has 0 aliphatic rings. The molecule has 106 valence electrons. The van der Waals surface area contributed by atoms with Crippen LogP contribution in [-0.2, 0) is 11.3 Å². The molecule has 1 aromatic carbocycles. The highest BCUT2D eigenvalue weighted by Crippen LogP contribution is 2.03. The van der Waals surface area contributed by atoms with Crippen molar-refractivity contribution in [2.75, 3.05) is 6.54 Å². The van der Waals surface area contributed by atoms with Crippen molar-refractivity contribution in [2.24, 2.45) is 0 Å². The molecule has 1 rings (SSSR count). The van der Waals surface area contributed by atoms with E-state index in [0.29, 0.717) is 19.1 Å². The zero-order chi connectivity index (χ0) is 13.9. The Morgan fingerprint density at radius 1 is 1.21 bits per heavy atom. The fourth-order valence-electron chi connectivity index (χ4n) is 2.00. The van der Waals surface area contributed by atoms with Crippen LogP contribution in [0, 0.1) is 0 Å². The molecule has 2 N–H and O–H groups in total. The van der Waals surface area contributed by atoms with E-state index < -0.39 is 0 Å². The van der Waals surface area contributed by atoms with Gasteiger partial charge in [-0.3, -0.25) is 4.79 Å². The van der Waals surface area contributed by atoms with Gasteiger partial charge in [-0.2, -0.15) is 0 Å². The van der Waals surface area contributed by atoms with Crippen LogP contribution in [0.4, 0.5) is 0 Å². The van der Waals surface area contributed by atoms with Gasteiger partial charge in [0.05, 0.1) is 6.54 Å². The van der Waals surface area contributed by atoms with E-state index in [1.165, 1.54) is 12.8 Å². The Kier molecular flexibility index (Phi) is 7.91. The first kappa shape index (κ1) is 15.7. The van der Waals surface area contributed by atoms with Crippen LogP contribution in [0.25, 0.3) is 0 Å². The molecule has 1 atom stereocenters. The van der Waals surface area contributed by atoms with Crippen molar-refractivity contribution in [2.45, 2.75) is 52.1 Å². The molecule has 0 heterocycles. The Bertz CT molecular complexity index is 351. The summed E-state index contributed by atoms with van der Waals surface area (Å²) in [6, 6.07) is 10.4. The van der Waals surface area contributed by atoms with Crippen LogP contribution in [0.5, 0.6) is 0 Å². The smallest absolute Gasteiger partial charge is 0.234 e. The van der Waals surface area contributed by atoms with Crippen molar-refractivity contribution in [1.29, 1.82) is 0 Å². The van der Waals surface area contributed by atoms with E-state index in [4.69, 9.17) is 0 Å². The van der Waals surface area contributed by atoms with Crippen LogP contribution in [0.3, 0.4) is 0 Å². The summed E-state index contributed by atoms with van der Waals surface area (Å²) in [5.41, 5.74) is 1.13. The van der Waals surface area contributed by atoms with Gasteiger partial charge in [0.15, 0.2) is 0 Å². The highest BCUT2D eigenvalue weighted by molar-refractivity contribution is 5.78. The molecule has 0 fully saturated rings. The molecule has 0 bridgehead atoms. The fourth-order valence-corrected chi connectivity index (χ4v) is 2.00. The lowest BCUT2D eigenvalue weighted by Crippen LogP contribution is -2.38. The summed E-state index contributed by atoms with van der Waals surface area (Å²) in [7, 11) is 0. The molecule has 1 aromatic rings. The number of carbonyl (C=O) groups is 1. The molecule has 0 aromatic heterocycles. The maximum Gasteiger partial charge on any atom is 0.234 e. The maximum absolute atomic E-state index is 11.7. The number of amides is 1. The van der Waals surface area contributed by atoms with Gasteiger partial charge in [-0.15, -0.1) is 0 Å². The highest BCUT2D eigenvalue weighted by atomic mass is 16.1. The predicted octanol–water partition coefficient (Wildman–Crippen LogP) is 2.86. The minimum Gasteiger partial charge on any atom is -0.351 e. The van der Waals surface area contributed by atoms with Crippen LogP contribution in [-0.4, -0.2) is 18.5 Å². The molecule has 19 heavy (non-hydrogen) atoms. The topological polar surface area (TPSA) is 41.1 Å². The number of unbranched alkanes of at least 4 members (excludes halogenated alkanes) is 1. The normalized spacial score (nSPS) is 12.1. The van der Waals surface area contributed by atoms with Gasteiger partial charge in [0.1, 0.15) is 0 Å². The van der Waals surface area contributed by atoms with Crippen molar-refractivity contribution in [3.8, 4) is 0 Å². The van der Waals surface area contributed by atoms with Crippen LogP contribution < -0.4 is 10.6 Å². The Labute approximate surface area is 116 Å². The SMILES string of the molecule is CCCCC(CC)NCC(=O)NCc1ccccc1.